The lowest BCUT2D eigenvalue weighted by Gasteiger charge is -2.31. The molecular formula is C16H21F2NO3S. The number of carbonyl (C=O) groups is 1. The largest absolute Gasteiger partial charge is 0.334 e. The molecule has 0 heterocycles. The van der Waals surface area contributed by atoms with E-state index in [4.69, 9.17) is 0 Å². The molecule has 128 valence electrons. The summed E-state index contributed by atoms with van der Waals surface area (Å²) in [7, 11) is -3.55. The van der Waals surface area contributed by atoms with Crippen LogP contribution in [0.4, 0.5) is 8.78 Å². The summed E-state index contributed by atoms with van der Waals surface area (Å²) >= 11 is 0. The van der Waals surface area contributed by atoms with Crippen molar-refractivity contribution in [2.45, 2.75) is 50.4 Å². The molecule has 0 spiro atoms. The van der Waals surface area contributed by atoms with Gasteiger partial charge >= 0.3 is 0 Å². The first-order valence-corrected chi connectivity index (χ1v) is 9.59. The Hall–Kier alpha value is -1.50. The van der Waals surface area contributed by atoms with Gasteiger partial charge in [-0.1, -0.05) is 12.8 Å². The molecule has 1 aliphatic carbocycles. The summed E-state index contributed by atoms with van der Waals surface area (Å²) in [6.45, 7) is 1.22. The number of hydrogen-bond donors (Lipinski definition) is 0. The van der Waals surface area contributed by atoms with Crippen LogP contribution in [0.15, 0.2) is 18.2 Å². The summed E-state index contributed by atoms with van der Waals surface area (Å²) in [6, 6.07) is 2.95. The molecule has 0 N–H and O–H groups in total. The van der Waals surface area contributed by atoms with E-state index in [0.29, 0.717) is 0 Å². The van der Waals surface area contributed by atoms with Crippen LogP contribution in [0, 0.1) is 11.6 Å². The van der Waals surface area contributed by atoms with Gasteiger partial charge in [0, 0.05) is 24.4 Å². The number of benzene rings is 1. The average molecular weight is 345 g/mol. The smallest absolute Gasteiger partial charge is 0.241 e. The Kier molecular flexibility index (Phi) is 5.39. The van der Waals surface area contributed by atoms with E-state index in [1.54, 1.807) is 0 Å². The molecule has 1 aromatic rings. The third-order valence-electron chi connectivity index (χ3n) is 4.39. The van der Waals surface area contributed by atoms with Crippen molar-refractivity contribution in [2.24, 2.45) is 0 Å². The Bertz CT molecular complexity index is 685. The van der Waals surface area contributed by atoms with Crippen LogP contribution in [0.3, 0.4) is 0 Å². The molecule has 2 rings (SSSR count). The molecule has 1 aromatic carbocycles. The van der Waals surface area contributed by atoms with Crippen molar-refractivity contribution in [1.29, 1.82) is 0 Å². The molecule has 0 aromatic heterocycles. The fourth-order valence-electron chi connectivity index (χ4n) is 2.87. The highest BCUT2D eigenvalue weighted by Gasteiger charge is 2.34. The van der Waals surface area contributed by atoms with Crippen LogP contribution >= 0.6 is 0 Å². The minimum atomic E-state index is -3.55. The summed E-state index contributed by atoms with van der Waals surface area (Å²) in [6.07, 6.45) is 4.38. The molecule has 0 aliphatic heterocycles. The first-order chi connectivity index (χ1) is 10.7. The number of sulfone groups is 1. The van der Waals surface area contributed by atoms with E-state index in [1.807, 2.05) is 0 Å². The van der Waals surface area contributed by atoms with Gasteiger partial charge in [-0.3, -0.25) is 4.79 Å². The van der Waals surface area contributed by atoms with Gasteiger partial charge in [0.1, 0.15) is 16.9 Å². The highest BCUT2D eigenvalue weighted by Crippen LogP contribution is 2.27. The summed E-state index contributed by atoms with van der Waals surface area (Å²) in [4.78, 5) is 14.0. The van der Waals surface area contributed by atoms with Crippen molar-refractivity contribution >= 4 is 15.7 Å². The highest BCUT2D eigenvalue weighted by atomic mass is 32.2. The van der Waals surface area contributed by atoms with Gasteiger partial charge in [-0.25, -0.2) is 17.2 Å². The Labute approximate surface area is 135 Å². The third-order valence-corrected chi connectivity index (χ3v) is 5.87. The summed E-state index contributed by atoms with van der Waals surface area (Å²) in [5.74, 6) is -1.74. The molecule has 0 bridgehead atoms. The van der Waals surface area contributed by atoms with Crippen molar-refractivity contribution in [3.05, 3.63) is 35.4 Å². The van der Waals surface area contributed by atoms with Gasteiger partial charge in [-0.15, -0.1) is 0 Å². The second-order valence-electron chi connectivity index (χ2n) is 6.11. The lowest BCUT2D eigenvalue weighted by Crippen LogP contribution is -2.45. The predicted molar refractivity (Wildman–Crippen MR) is 83.5 cm³/mol. The number of rotatable bonds is 5. The standard InChI is InChI=1S/C16H21F2NO3S/c1-11(23(2,21)22)16(20)19(14-5-3-4-6-14)10-12-9-13(17)7-8-15(12)18/h7-9,11,14H,3-6,10H2,1-2H3/t11-/m1/s1. The van der Waals surface area contributed by atoms with Crippen LogP contribution in [-0.4, -0.2) is 36.8 Å². The lowest BCUT2D eigenvalue weighted by atomic mass is 10.1. The Morgan fingerprint density at radius 2 is 1.91 bits per heavy atom. The zero-order chi connectivity index (χ0) is 17.2. The molecule has 7 heteroatoms. The number of nitrogens with zero attached hydrogens (tertiary/aromatic N) is 1. The van der Waals surface area contributed by atoms with Gasteiger partial charge in [-0.05, 0) is 38.0 Å². The van der Waals surface area contributed by atoms with Gasteiger partial charge in [-0.2, -0.15) is 0 Å². The van der Waals surface area contributed by atoms with Crippen molar-refractivity contribution < 1.29 is 22.0 Å². The van der Waals surface area contributed by atoms with Crippen LogP contribution in [-0.2, 0) is 21.2 Å². The number of amides is 1. The van der Waals surface area contributed by atoms with E-state index >= 15 is 0 Å². The van der Waals surface area contributed by atoms with E-state index in [0.717, 1.165) is 50.1 Å². The molecule has 1 saturated carbocycles. The first kappa shape index (κ1) is 17.8. The maximum absolute atomic E-state index is 13.9. The molecule has 1 aliphatic rings. The van der Waals surface area contributed by atoms with Crippen LogP contribution in [0.25, 0.3) is 0 Å². The zero-order valence-electron chi connectivity index (χ0n) is 13.3. The normalized spacial score (nSPS) is 17.2. The second-order valence-corrected chi connectivity index (χ2v) is 8.48. The number of carbonyl (C=O) groups excluding carboxylic acids is 1. The molecule has 0 unspecified atom stereocenters. The SMILES string of the molecule is C[C@H](C(=O)N(Cc1cc(F)ccc1F)C1CCCC1)S(C)(=O)=O. The van der Waals surface area contributed by atoms with E-state index in [2.05, 4.69) is 0 Å². The topological polar surface area (TPSA) is 54.5 Å². The Morgan fingerprint density at radius 1 is 1.30 bits per heavy atom. The van der Waals surface area contributed by atoms with Gasteiger partial charge in [0.05, 0.1) is 0 Å². The van der Waals surface area contributed by atoms with Crippen LogP contribution in [0.2, 0.25) is 0 Å². The highest BCUT2D eigenvalue weighted by molar-refractivity contribution is 7.92. The van der Waals surface area contributed by atoms with Gasteiger partial charge in [0.25, 0.3) is 0 Å². The second kappa shape index (κ2) is 6.95. The van der Waals surface area contributed by atoms with Crippen LogP contribution < -0.4 is 0 Å². The molecule has 1 fully saturated rings. The molecule has 1 atom stereocenters. The van der Waals surface area contributed by atoms with Crippen molar-refractivity contribution in [3.63, 3.8) is 0 Å². The zero-order valence-corrected chi connectivity index (χ0v) is 14.1. The molecule has 4 nitrogen and oxygen atoms in total. The summed E-state index contributed by atoms with van der Waals surface area (Å²) < 4.78 is 50.6. The van der Waals surface area contributed by atoms with Gasteiger partial charge in [0.15, 0.2) is 9.84 Å². The van der Waals surface area contributed by atoms with E-state index in [1.165, 1.54) is 11.8 Å². The fourth-order valence-corrected chi connectivity index (χ4v) is 3.37. The van der Waals surface area contributed by atoms with Crippen molar-refractivity contribution in [1.82, 2.24) is 4.90 Å². The number of hydrogen-bond acceptors (Lipinski definition) is 3. The molecule has 1 amide bonds. The van der Waals surface area contributed by atoms with Gasteiger partial charge < -0.3 is 4.90 Å². The van der Waals surface area contributed by atoms with Crippen LogP contribution in [0.1, 0.15) is 38.2 Å². The lowest BCUT2D eigenvalue weighted by molar-refractivity contribution is -0.133. The average Bonchev–Trinajstić information content (AvgIpc) is 2.99. The minimum absolute atomic E-state index is 0.0611. The first-order valence-electron chi connectivity index (χ1n) is 7.63. The van der Waals surface area contributed by atoms with E-state index < -0.39 is 32.6 Å². The van der Waals surface area contributed by atoms with E-state index in [9.17, 15) is 22.0 Å². The monoisotopic (exact) mass is 345 g/mol. The molecule has 23 heavy (non-hydrogen) atoms. The van der Waals surface area contributed by atoms with Crippen molar-refractivity contribution in [2.75, 3.05) is 6.26 Å². The molecule has 0 radical (unpaired) electrons. The third kappa shape index (κ3) is 4.28. The minimum Gasteiger partial charge on any atom is -0.334 e. The van der Waals surface area contributed by atoms with Crippen molar-refractivity contribution in [3.8, 4) is 0 Å². The Morgan fingerprint density at radius 3 is 2.48 bits per heavy atom. The predicted octanol–water partition coefficient (Wildman–Crippen LogP) is 2.67. The fraction of sp³-hybridized carbons (Fsp3) is 0.562. The van der Waals surface area contributed by atoms with Crippen LogP contribution in [0.5, 0.6) is 0 Å². The maximum atomic E-state index is 13.9. The van der Waals surface area contributed by atoms with E-state index in [-0.39, 0.29) is 18.2 Å². The molecule has 0 saturated heterocycles. The number of halogens is 2. The summed E-state index contributed by atoms with van der Waals surface area (Å²) in [5.41, 5.74) is 0.0611. The Balaban J connectivity index is 2.31. The van der Waals surface area contributed by atoms with Gasteiger partial charge in [0.2, 0.25) is 5.91 Å². The maximum Gasteiger partial charge on any atom is 0.241 e. The molecular weight excluding hydrogens is 324 g/mol. The quantitative estimate of drug-likeness (QED) is 0.824. The summed E-state index contributed by atoms with van der Waals surface area (Å²) in [5, 5.41) is -1.19.